The highest BCUT2D eigenvalue weighted by molar-refractivity contribution is 7.98. The molecule has 0 spiro atoms. The van der Waals surface area contributed by atoms with Gasteiger partial charge in [-0.05, 0) is 43.9 Å². The van der Waals surface area contributed by atoms with Crippen LogP contribution in [0.5, 0.6) is 5.75 Å². The van der Waals surface area contributed by atoms with Crippen LogP contribution in [-0.4, -0.2) is 35.8 Å². The Bertz CT molecular complexity index is 363. The van der Waals surface area contributed by atoms with Crippen molar-refractivity contribution in [1.82, 2.24) is 4.98 Å². The summed E-state index contributed by atoms with van der Waals surface area (Å²) < 4.78 is 11.4. The molecule has 19 heavy (non-hydrogen) atoms. The fourth-order valence-electron chi connectivity index (χ4n) is 2.20. The number of ether oxygens (including phenoxy) is 2. The van der Waals surface area contributed by atoms with Crippen LogP contribution in [0.3, 0.4) is 0 Å². The van der Waals surface area contributed by atoms with E-state index in [-0.39, 0.29) is 0 Å². The fourth-order valence-corrected chi connectivity index (χ4v) is 2.64. The Morgan fingerprint density at radius 3 is 2.79 bits per heavy atom. The topological polar surface area (TPSA) is 31.4 Å². The molecule has 0 saturated heterocycles. The lowest BCUT2D eigenvalue weighted by molar-refractivity contribution is -0.0564. The lowest BCUT2D eigenvalue weighted by Gasteiger charge is -2.34. The molecule has 1 aliphatic rings. The lowest BCUT2D eigenvalue weighted by Crippen LogP contribution is -2.39. The maximum Gasteiger partial charge on any atom is 0.138 e. The first-order valence-electron chi connectivity index (χ1n) is 7.04. The summed E-state index contributed by atoms with van der Waals surface area (Å²) in [6.45, 7) is 2.83. The summed E-state index contributed by atoms with van der Waals surface area (Å²) in [6.07, 6.45) is 8.94. The summed E-state index contributed by atoms with van der Waals surface area (Å²) in [6, 6.07) is 4.11. The number of hydrogen-bond donors (Lipinski definition) is 0. The van der Waals surface area contributed by atoms with Gasteiger partial charge in [0.2, 0.25) is 0 Å². The van der Waals surface area contributed by atoms with Crippen molar-refractivity contribution in [3.05, 3.63) is 24.0 Å². The molecule has 1 heterocycles. The van der Waals surface area contributed by atoms with Crippen LogP contribution in [0.25, 0.3) is 0 Å². The number of rotatable bonds is 8. The molecule has 0 bridgehead atoms. The molecule has 3 nitrogen and oxygen atoms in total. The summed E-state index contributed by atoms with van der Waals surface area (Å²) in [7, 11) is 0. The standard InChI is InChI=1S/C15H23NO2S/c1-3-17-14-9-15(10-14)18-13-7-6-12(16-11-13)5-4-8-19-2/h6-7,11,14-15H,3-5,8-10H2,1-2H3/t14-,15-. The molecule has 1 aliphatic carbocycles. The number of nitrogens with zero attached hydrogens (tertiary/aromatic N) is 1. The Labute approximate surface area is 120 Å². The van der Waals surface area contributed by atoms with E-state index in [1.54, 1.807) is 0 Å². The Hall–Kier alpha value is -0.740. The summed E-state index contributed by atoms with van der Waals surface area (Å²) in [5, 5.41) is 0. The molecule has 1 fully saturated rings. The third-order valence-corrected chi connectivity index (χ3v) is 4.03. The molecule has 4 heteroatoms. The van der Waals surface area contributed by atoms with Gasteiger partial charge in [0, 0.05) is 25.1 Å². The normalized spacial score (nSPS) is 22.0. The number of thioether (sulfide) groups is 1. The predicted molar refractivity (Wildman–Crippen MR) is 80.0 cm³/mol. The van der Waals surface area contributed by atoms with Gasteiger partial charge in [-0.25, -0.2) is 0 Å². The first-order valence-corrected chi connectivity index (χ1v) is 8.43. The maximum absolute atomic E-state index is 5.86. The zero-order valence-electron chi connectivity index (χ0n) is 11.8. The number of aromatic nitrogens is 1. The van der Waals surface area contributed by atoms with Crippen LogP contribution >= 0.6 is 11.8 Å². The van der Waals surface area contributed by atoms with Gasteiger partial charge in [0.15, 0.2) is 0 Å². The highest BCUT2D eigenvalue weighted by atomic mass is 32.2. The first-order chi connectivity index (χ1) is 9.31. The molecule has 1 aromatic heterocycles. The second-order valence-electron chi connectivity index (χ2n) is 4.87. The van der Waals surface area contributed by atoms with E-state index in [1.807, 2.05) is 30.9 Å². The van der Waals surface area contributed by atoms with Crippen LogP contribution in [0.1, 0.15) is 31.9 Å². The molecule has 0 atom stereocenters. The van der Waals surface area contributed by atoms with Gasteiger partial charge in [0.05, 0.1) is 12.3 Å². The van der Waals surface area contributed by atoms with Gasteiger partial charge >= 0.3 is 0 Å². The quantitative estimate of drug-likeness (QED) is 0.684. The molecule has 0 radical (unpaired) electrons. The van der Waals surface area contributed by atoms with Crippen LogP contribution in [0.2, 0.25) is 0 Å². The molecule has 2 rings (SSSR count). The van der Waals surface area contributed by atoms with Crippen LogP contribution in [0.4, 0.5) is 0 Å². The third-order valence-electron chi connectivity index (χ3n) is 3.34. The zero-order valence-corrected chi connectivity index (χ0v) is 12.6. The first kappa shape index (κ1) is 14.7. The van der Waals surface area contributed by atoms with Crippen LogP contribution in [0, 0.1) is 0 Å². The van der Waals surface area contributed by atoms with Crippen molar-refractivity contribution in [3.63, 3.8) is 0 Å². The number of pyridine rings is 1. The summed E-state index contributed by atoms with van der Waals surface area (Å²) in [5.41, 5.74) is 1.15. The van der Waals surface area contributed by atoms with E-state index in [0.717, 1.165) is 37.3 Å². The Kier molecular flexibility index (Phi) is 5.98. The van der Waals surface area contributed by atoms with E-state index >= 15 is 0 Å². The summed E-state index contributed by atoms with van der Waals surface area (Å²) >= 11 is 1.88. The van der Waals surface area contributed by atoms with Crippen LogP contribution < -0.4 is 4.74 Å². The number of hydrogen-bond acceptors (Lipinski definition) is 4. The van der Waals surface area contributed by atoms with Crippen LogP contribution in [-0.2, 0) is 11.2 Å². The zero-order chi connectivity index (χ0) is 13.5. The summed E-state index contributed by atoms with van der Waals surface area (Å²) in [5.74, 6) is 2.08. The molecule has 0 unspecified atom stereocenters. The van der Waals surface area contributed by atoms with E-state index in [4.69, 9.17) is 9.47 Å². The molecule has 106 valence electrons. The minimum absolute atomic E-state index is 0.306. The van der Waals surface area contributed by atoms with Gasteiger partial charge in [0.1, 0.15) is 11.9 Å². The average Bonchev–Trinajstić information content (AvgIpc) is 2.38. The summed E-state index contributed by atoms with van der Waals surface area (Å²) in [4.78, 5) is 4.45. The smallest absolute Gasteiger partial charge is 0.138 e. The molecule has 0 aromatic carbocycles. The SMILES string of the molecule is CCO[C@H]1C[C@H](Oc2ccc(CCCSC)nc2)C1. The van der Waals surface area contributed by atoms with Crippen LogP contribution in [0.15, 0.2) is 18.3 Å². The molecule has 1 aromatic rings. The monoisotopic (exact) mass is 281 g/mol. The molecule has 0 N–H and O–H groups in total. The Morgan fingerprint density at radius 1 is 1.32 bits per heavy atom. The van der Waals surface area contributed by atoms with E-state index in [9.17, 15) is 0 Å². The number of aryl methyl sites for hydroxylation is 1. The van der Waals surface area contributed by atoms with E-state index in [1.165, 1.54) is 12.2 Å². The largest absolute Gasteiger partial charge is 0.489 e. The Balaban J connectivity index is 1.70. The average molecular weight is 281 g/mol. The minimum atomic E-state index is 0.306. The second-order valence-corrected chi connectivity index (χ2v) is 5.86. The highest BCUT2D eigenvalue weighted by Gasteiger charge is 2.31. The molecular weight excluding hydrogens is 258 g/mol. The predicted octanol–water partition coefficient (Wildman–Crippen LogP) is 3.32. The van der Waals surface area contributed by atoms with Crippen molar-refractivity contribution in [1.29, 1.82) is 0 Å². The van der Waals surface area contributed by atoms with E-state index in [0.29, 0.717) is 12.2 Å². The third kappa shape index (κ3) is 4.69. The van der Waals surface area contributed by atoms with Gasteiger partial charge in [0.25, 0.3) is 0 Å². The molecule has 0 aliphatic heterocycles. The van der Waals surface area contributed by atoms with Crippen molar-refractivity contribution < 1.29 is 9.47 Å². The van der Waals surface area contributed by atoms with Crippen molar-refractivity contribution in [3.8, 4) is 5.75 Å². The second kappa shape index (κ2) is 7.75. The van der Waals surface area contributed by atoms with Crippen molar-refractivity contribution in [2.24, 2.45) is 0 Å². The van der Waals surface area contributed by atoms with Gasteiger partial charge in [-0.1, -0.05) is 0 Å². The van der Waals surface area contributed by atoms with Gasteiger partial charge in [-0.15, -0.1) is 0 Å². The van der Waals surface area contributed by atoms with E-state index < -0.39 is 0 Å². The maximum atomic E-state index is 5.86. The Morgan fingerprint density at radius 2 is 2.16 bits per heavy atom. The van der Waals surface area contributed by atoms with Crippen molar-refractivity contribution >= 4 is 11.8 Å². The lowest BCUT2D eigenvalue weighted by atomic mass is 9.92. The van der Waals surface area contributed by atoms with Crippen molar-refractivity contribution in [2.75, 3.05) is 18.6 Å². The minimum Gasteiger partial charge on any atom is -0.489 e. The van der Waals surface area contributed by atoms with E-state index in [2.05, 4.69) is 17.3 Å². The molecule has 1 saturated carbocycles. The van der Waals surface area contributed by atoms with Gasteiger partial charge in [-0.3, -0.25) is 4.98 Å². The van der Waals surface area contributed by atoms with Gasteiger partial charge < -0.3 is 9.47 Å². The highest BCUT2D eigenvalue weighted by Crippen LogP contribution is 2.27. The van der Waals surface area contributed by atoms with Crippen molar-refractivity contribution in [2.45, 2.75) is 44.8 Å². The molecule has 0 amide bonds. The van der Waals surface area contributed by atoms with Gasteiger partial charge in [-0.2, -0.15) is 11.8 Å². The molecular formula is C15H23NO2S. The fraction of sp³-hybridized carbons (Fsp3) is 0.667.